The van der Waals surface area contributed by atoms with Crippen molar-refractivity contribution >= 4 is 24.6 Å². The number of hydrogen-bond donors (Lipinski definition) is 2. The van der Waals surface area contributed by atoms with E-state index in [0.717, 1.165) is 0 Å². The summed E-state index contributed by atoms with van der Waals surface area (Å²) in [7, 11) is -3.33. The van der Waals surface area contributed by atoms with Crippen LogP contribution in [-0.2, 0) is 18.4 Å². The Kier molecular flexibility index (Phi) is 6.02. The lowest BCUT2D eigenvalue weighted by Gasteiger charge is -2.17. The maximum atomic E-state index is 12.5. The fourth-order valence-electron chi connectivity index (χ4n) is 1.49. The van der Waals surface area contributed by atoms with E-state index in [4.69, 9.17) is 14.2 Å². The third-order valence-electron chi connectivity index (χ3n) is 2.20. The Balaban J connectivity index is 2.95. The fourth-order valence-corrected chi connectivity index (χ4v) is 3.11. The maximum Gasteiger partial charge on any atom is 0.361 e. The molecule has 1 rings (SSSR count). The van der Waals surface area contributed by atoms with Gasteiger partial charge in [-0.3, -0.25) is 9.36 Å². The molecular weight excluding hydrogens is 269 g/mol. The van der Waals surface area contributed by atoms with E-state index in [2.05, 4.69) is 5.32 Å². The first-order valence-corrected chi connectivity index (χ1v) is 7.51. The van der Waals surface area contributed by atoms with Crippen LogP contribution in [0.5, 0.6) is 0 Å². The van der Waals surface area contributed by atoms with Gasteiger partial charge in [-0.1, -0.05) is 6.07 Å². The van der Waals surface area contributed by atoms with Crippen LogP contribution < -0.4 is 10.6 Å². The first kappa shape index (κ1) is 15.7. The molecule has 19 heavy (non-hydrogen) atoms. The highest BCUT2D eigenvalue weighted by Gasteiger charge is 2.26. The average molecular weight is 287 g/mol. The first-order valence-electron chi connectivity index (χ1n) is 5.97. The van der Waals surface area contributed by atoms with Gasteiger partial charge in [0, 0.05) is 5.69 Å². The molecule has 0 aliphatic rings. The van der Waals surface area contributed by atoms with E-state index in [0.29, 0.717) is 11.0 Å². The number of carboxylic acids is 1. The van der Waals surface area contributed by atoms with Crippen LogP contribution in [0.3, 0.4) is 0 Å². The van der Waals surface area contributed by atoms with Crippen molar-refractivity contribution < 1.29 is 23.5 Å². The summed E-state index contributed by atoms with van der Waals surface area (Å²) in [5.74, 6) is -0.969. The van der Waals surface area contributed by atoms with Crippen LogP contribution in [0.2, 0.25) is 0 Å². The Morgan fingerprint density at radius 2 is 1.95 bits per heavy atom. The lowest BCUT2D eigenvalue weighted by Crippen LogP contribution is -2.15. The van der Waals surface area contributed by atoms with Crippen LogP contribution in [-0.4, -0.2) is 30.8 Å². The molecule has 0 aliphatic carbocycles. The van der Waals surface area contributed by atoms with Gasteiger partial charge in [-0.15, -0.1) is 0 Å². The Morgan fingerprint density at radius 3 is 2.47 bits per heavy atom. The van der Waals surface area contributed by atoms with Crippen molar-refractivity contribution in [3.63, 3.8) is 0 Å². The minimum absolute atomic E-state index is 0.211. The highest BCUT2D eigenvalue weighted by Crippen LogP contribution is 2.47. The predicted octanol–water partition coefficient (Wildman–Crippen LogP) is 2.07. The molecular formula is C12H18NO5P. The largest absolute Gasteiger partial charge is 0.480 e. The Bertz CT molecular complexity index is 467. The van der Waals surface area contributed by atoms with E-state index in [1.165, 1.54) is 0 Å². The molecule has 106 valence electrons. The molecule has 7 heteroatoms. The van der Waals surface area contributed by atoms with Crippen molar-refractivity contribution in [2.75, 3.05) is 25.1 Å². The molecule has 0 spiro atoms. The van der Waals surface area contributed by atoms with Gasteiger partial charge in [0.1, 0.15) is 6.54 Å². The van der Waals surface area contributed by atoms with Crippen molar-refractivity contribution in [1.82, 2.24) is 0 Å². The second-order valence-electron chi connectivity index (χ2n) is 3.63. The van der Waals surface area contributed by atoms with Gasteiger partial charge in [-0.25, -0.2) is 0 Å². The van der Waals surface area contributed by atoms with Crippen LogP contribution in [0.15, 0.2) is 24.3 Å². The second-order valence-corrected chi connectivity index (χ2v) is 5.66. The van der Waals surface area contributed by atoms with Crippen molar-refractivity contribution in [1.29, 1.82) is 0 Å². The summed E-state index contributed by atoms with van der Waals surface area (Å²) in [4.78, 5) is 10.5. The van der Waals surface area contributed by atoms with Crippen LogP contribution in [0.4, 0.5) is 5.69 Å². The number of aliphatic carboxylic acids is 1. The standard InChI is InChI=1S/C12H18NO5P/c1-3-17-19(16,18-4-2)11-7-5-6-10(8-11)13-9-12(14)15/h5-8,13H,3-4,9H2,1-2H3,(H,14,15). The van der Waals surface area contributed by atoms with Gasteiger partial charge >= 0.3 is 13.6 Å². The molecule has 0 bridgehead atoms. The molecule has 1 aromatic carbocycles. The Labute approximate surface area is 112 Å². The third-order valence-corrected chi connectivity index (χ3v) is 4.31. The molecule has 0 aliphatic heterocycles. The molecule has 1 aromatic rings. The molecule has 0 unspecified atom stereocenters. The van der Waals surface area contributed by atoms with Gasteiger partial charge in [0.05, 0.1) is 18.5 Å². The lowest BCUT2D eigenvalue weighted by molar-refractivity contribution is -0.134. The molecule has 0 saturated heterocycles. The Hall–Kier alpha value is -1.36. The zero-order valence-corrected chi connectivity index (χ0v) is 11.9. The minimum Gasteiger partial charge on any atom is -0.480 e. The topological polar surface area (TPSA) is 84.9 Å². The SMILES string of the molecule is CCOP(=O)(OCC)c1cccc(NCC(=O)O)c1. The summed E-state index contributed by atoms with van der Waals surface area (Å²) in [5, 5.41) is 11.7. The van der Waals surface area contributed by atoms with E-state index in [9.17, 15) is 9.36 Å². The number of benzene rings is 1. The minimum atomic E-state index is -3.33. The second kappa shape index (κ2) is 7.28. The van der Waals surface area contributed by atoms with Crippen LogP contribution in [0, 0.1) is 0 Å². The zero-order chi connectivity index (χ0) is 14.3. The van der Waals surface area contributed by atoms with Crippen LogP contribution in [0.1, 0.15) is 13.8 Å². The molecule has 0 aromatic heterocycles. The van der Waals surface area contributed by atoms with E-state index in [-0.39, 0.29) is 19.8 Å². The number of carboxylic acid groups (broad SMARTS) is 1. The lowest BCUT2D eigenvalue weighted by atomic mass is 10.3. The maximum absolute atomic E-state index is 12.5. The normalized spacial score (nSPS) is 11.3. The predicted molar refractivity (Wildman–Crippen MR) is 73.1 cm³/mol. The van der Waals surface area contributed by atoms with Crippen molar-refractivity contribution in [2.24, 2.45) is 0 Å². The van der Waals surface area contributed by atoms with E-state index in [1.807, 2.05) is 0 Å². The van der Waals surface area contributed by atoms with E-state index in [1.54, 1.807) is 38.1 Å². The van der Waals surface area contributed by atoms with Crippen molar-refractivity contribution in [3.8, 4) is 0 Å². The van der Waals surface area contributed by atoms with Crippen molar-refractivity contribution in [2.45, 2.75) is 13.8 Å². The molecule has 0 amide bonds. The summed E-state index contributed by atoms with van der Waals surface area (Å²) in [6, 6.07) is 6.58. The van der Waals surface area contributed by atoms with Gasteiger partial charge in [0.15, 0.2) is 0 Å². The number of nitrogens with one attached hydrogen (secondary N) is 1. The van der Waals surface area contributed by atoms with Gasteiger partial charge < -0.3 is 19.5 Å². The summed E-state index contributed by atoms with van der Waals surface area (Å²) >= 11 is 0. The molecule has 0 saturated carbocycles. The number of carbonyl (C=O) groups is 1. The average Bonchev–Trinajstić information content (AvgIpc) is 2.37. The molecule has 0 atom stereocenters. The van der Waals surface area contributed by atoms with Gasteiger partial charge in [0.2, 0.25) is 0 Å². The highest BCUT2D eigenvalue weighted by atomic mass is 31.2. The molecule has 0 radical (unpaired) electrons. The van der Waals surface area contributed by atoms with Crippen molar-refractivity contribution in [3.05, 3.63) is 24.3 Å². The summed E-state index contributed by atoms with van der Waals surface area (Å²) < 4.78 is 23.0. The zero-order valence-electron chi connectivity index (χ0n) is 11.0. The fraction of sp³-hybridized carbons (Fsp3) is 0.417. The van der Waals surface area contributed by atoms with Gasteiger partial charge in [-0.2, -0.15) is 0 Å². The Morgan fingerprint density at radius 1 is 1.32 bits per heavy atom. The number of anilines is 1. The summed E-state index contributed by atoms with van der Waals surface area (Å²) in [5.41, 5.74) is 0.555. The quantitative estimate of drug-likeness (QED) is 0.712. The van der Waals surface area contributed by atoms with Crippen LogP contribution in [0.25, 0.3) is 0 Å². The van der Waals surface area contributed by atoms with E-state index < -0.39 is 13.6 Å². The summed E-state index contributed by atoms with van der Waals surface area (Å²) in [6.07, 6.45) is 0. The highest BCUT2D eigenvalue weighted by molar-refractivity contribution is 7.62. The number of rotatable bonds is 8. The number of hydrogen-bond acceptors (Lipinski definition) is 5. The molecule has 0 fully saturated rings. The third kappa shape index (κ3) is 4.67. The smallest absolute Gasteiger partial charge is 0.361 e. The van der Waals surface area contributed by atoms with Crippen LogP contribution >= 0.6 is 7.60 Å². The first-order chi connectivity index (χ1) is 9.01. The van der Waals surface area contributed by atoms with Gasteiger partial charge in [0.25, 0.3) is 0 Å². The summed E-state index contributed by atoms with van der Waals surface area (Å²) in [6.45, 7) is 3.79. The van der Waals surface area contributed by atoms with E-state index >= 15 is 0 Å². The molecule has 2 N–H and O–H groups in total. The molecule has 6 nitrogen and oxygen atoms in total. The van der Waals surface area contributed by atoms with Gasteiger partial charge in [-0.05, 0) is 32.0 Å². The monoisotopic (exact) mass is 287 g/mol. The molecule has 0 heterocycles.